The zero-order chi connectivity index (χ0) is 10.9. The first kappa shape index (κ1) is 9.81. The predicted octanol–water partition coefficient (Wildman–Crippen LogP) is 0.384. The Hall–Kier alpha value is -1.73. The predicted molar refractivity (Wildman–Crippen MR) is 51.1 cm³/mol. The van der Waals surface area contributed by atoms with Gasteiger partial charge in [0, 0.05) is 5.56 Å². The summed E-state index contributed by atoms with van der Waals surface area (Å²) in [6, 6.07) is 8.81. The van der Waals surface area contributed by atoms with Gasteiger partial charge in [0.05, 0.1) is 0 Å². The van der Waals surface area contributed by atoms with Crippen molar-refractivity contribution in [2.24, 2.45) is 5.14 Å². The quantitative estimate of drug-likeness (QED) is 0.796. The Morgan fingerprint density at radius 1 is 1.13 bits per heavy atom. The lowest BCUT2D eigenvalue weighted by atomic mass is 10.2. The van der Waals surface area contributed by atoms with E-state index >= 15 is 0 Å². The minimum absolute atomic E-state index is 0.125. The molecule has 0 saturated carbocycles. The van der Waals surface area contributed by atoms with Crippen molar-refractivity contribution in [3.05, 3.63) is 30.3 Å². The maximum absolute atomic E-state index is 10.9. The van der Waals surface area contributed by atoms with E-state index in [1.807, 2.05) is 6.07 Å². The number of aromatic nitrogens is 2. The minimum atomic E-state index is -3.93. The number of benzene rings is 1. The molecule has 1 aromatic carbocycles. The first-order valence-electron chi connectivity index (χ1n) is 3.99. The SMILES string of the molecule is NS(=O)(=O)c1nnc(-c2ccccc2)o1. The number of hydrogen-bond acceptors (Lipinski definition) is 5. The molecule has 1 aromatic heterocycles. The van der Waals surface area contributed by atoms with E-state index in [4.69, 9.17) is 9.56 Å². The highest BCUT2D eigenvalue weighted by molar-refractivity contribution is 7.88. The third-order valence-electron chi connectivity index (χ3n) is 1.67. The molecular formula is C8H7N3O3S. The van der Waals surface area contributed by atoms with Crippen molar-refractivity contribution in [2.75, 3.05) is 0 Å². The maximum atomic E-state index is 10.9. The fourth-order valence-electron chi connectivity index (χ4n) is 1.02. The molecule has 1 heterocycles. The molecular weight excluding hydrogens is 218 g/mol. The lowest BCUT2D eigenvalue weighted by Crippen LogP contribution is -2.12. The average molecular weight is 225 g/mol. The van der Waals surface area contributed by atoms with Gasteiger partial charge in [-0.3, -0.25) is 0 Å². The lowest BCUT2D eigenvalue weighted by molar-refractivity contribution is 0.440. The topological polar surface area (TPSA) is 99.1 Å². The zero-order valence-corrected chi connectivity index (χ0v) is 8.31. The van der Waals surface area contributed by atoms with E-state index in [9.17, 15) is 8.42 Å². The van der Waals surface area contributed by atoms with Crippen molar-refractivity contribution in [1.82, 2.24) is 10.2 Å². The van der Waals surface area contributed by atoms with Gasteiger partial charge in [-0.2, -0.15) is 0 Å². The van der Waals surface area contributed by atoms with Crippen LogP contribution in [0.25, 0.3) is 11.5 Å². The van der Waals surface area contributed by atoms with Gasteiger partial charge in [-0.15, -0.1) is 5.10 Å². The normalized spacial score (nSPS) is 11.5. The van der Waals surface area contributed by atoms with E-state index in [-0.39, 0.29) is 5.89 Å². The van der Waals surface area contributed by atoms with Crippen LogP contribution in [-0.2, 0) is 10.0 Å². The Morgan fingerprint density at radius 3 is 2.33 bits per heavy atom. The summed E-state index contributed by atoms with van der Waals surface area (Å²) in [5.74, 6) is 0.125. The van der Waals surface area contributed by atoms with Gasteiger partial charge in [-0.25, -0.2) is 13.6 Å². The van der Waals surface area contributed by atoms with Gasteiger partial charge < -0.3 is 4.42 Å². The Kier molecular flexibility index (Phi) is 2.25. The molecule has 0 aliphatic heterocycles. The average Bonchev–Trinajstić information content (AvgIpc) is 2.67. The van der Waals surface area contributed by atoms with Crippen molar-refractivity contribution in [2.45, 2.75) is 5.22 Å². The van der Waals surface area contributed by atoms with Gasteiger partial charge in [0.2, 0.25) is 5.89 Å². The summed E-state index contributed by atoms with van der Waals surface area (Å²) in [5, 5.41) is 11.2. The Bertz CT molecular complexity index is 562. The van der Waals surface area contributed by atoms with E-state index in [2.05, 4.69) is 10.2 Å². The largest absolute Gasteiger partial charge is 0.407 e. The molecule has 0 amide bonds. The van der Waals surface area contributed by atoms with Gasteiger partial charge >= 0.3 is 5.22 Å². The minimum Gasteiger partial charge on any atom is -0.407 e. The van der Waals surface area contributed by atoms with E-state index < -0.39 is 15.2 Å². The van der Waals surface area contributed by atoms with Crippen LogP contribution in [0.15, 0.2) is 40.0 Å². The number of rotatable bonds is 2. The second-order valence-corrected chi connectivity index (χ2v) is 4.22. The molecule has 2 aromatic rings. The maximum Gasteiger partial charge on any atom is 0.351 e. The molecule has 0 aliphatic carbocycles. The highest BCUT2D eigenvalue weighted by atomic mass is 32.2. The molecule has 78 valence electrons. The molecule has 2 rings (SSSR count). The second-order valence-electron chi connectivity index (χ2n) is 2.78. The standard InChI is InChI=1S/C8H7N3O3S/c9-15(12,13)8-11-10-7(14-8)6-4-2-1-3-5-6/h1-5H,(H2,9,12,13). The Balaban J connectivity index is 2.46. The third-order valence-corrected chi connectivity index (χ3v) is 2.32. The van der Waals surface area contributed by atoms with Crippen LogP contribution in [0.2, 0.25) is 0 Å². The highest BCUT2D eigenvalue weighted by Gasteiger charge is 2.17. The summed E-state index contributed by atoms with van der Waals surface area (Å²) in [5.41, 5.74) is 0.639. The molecule has 6 nitrogen and oxygen atoms in total. The zero-order valence-electron chi connectivity index (χ0n) is 7.49. The van der Waals surface area contributed by atoms with Crippen molar-refractivity contribution >= 4 is 10.0 Å². The van der Waals surface area contributed by atoms with Crippen LogP contribution >= 0.6 is 0 Å². The first-order valence-corrected chi connectivity index (χ1v) is 5.54. The highest BCUT2D eigenvalue weighted by Crippen LogP contribution is 2.18. The van der Waals surface area contributed by atoms with Crippen molar-refractivity contribution in [3.8, 4) is 11.5 Å². The second kappa shape index (κ2) is 3.44. The number of nitrogens with zero attached hydrogens (tertiary/aromatic N) is 2. The van der Waals surface area contributed by atoms with Crippen LogP contribution in [0.5, 0.6) is 0 Å². The van der Waals surface area contributed by atoms with Gasteiger partial charge in [0.25, 0.3) is 10.0 Å². The van der Waals surface area contributed by atoms with Crippen molar-refractivity contribution in [3.63, 3.8) is 0 Å². The molecule has 0 saturated heterocycles. The number of sulfonamides is 1. The monoisotopic (exact) mass is 225 g/mol. The third kappa shape index (κ3) is 2.03. The van der Waals surface area contributed by atoms with Gasteiger partial charge in [-0.1, -0.05) is 23.3 Å². The van der Waals surface area contributed by atoms with E-state index in [1.54, 1.807) is 24.3 Å². The summed E-state index contributed by atoms with van der Waals surface area (Å²) < 4.78 is 26.6. The first-order chi connectivity index (χ1) is 7.07. The van der Waals surface area contributed by atoms with Crippen LogP contribution in [0.1, 0.15) is 0 Å². The molecule has 2 N–H and O–H groups in total. The fraction of sp³-hybridized carbons (Fsp3) is 0. The smallest absolute Gasteiger partial charge is 0.351 e. The Labute approximate surface area is 85.8 Å². The van der Waals surface area contributed by atoms with E-state index in [0.29, 0.717) is 5.56 Å². The van der Waals surface area contributed by atoms with Crippen LogP contribution in [0.3, 0.4) is 0 Å². The number of hydrogen-bond donors (Lipinski definition) is 1. The molecule has 0 bridgehead atoms. The summed E-state index contributed by atoms with van der Waals surface area (Å²) in [4.78, 5) is 0. The summed E-state index contributed by atoms with van der Waals surface area (Å²) in [7, 11) is -3.93. The van der Waals surface area contributed by atoms with Crippen LogP contribution in [0.4, 0.5) is 0 Å². The van der Waals surface area contributed by atoms with Gasteiger partial charge in [0.15, 0.2) is 0 Å². The van der Waals surface area contributed by atoms with E-state index in [0.717, 1.165) is 0 Å². The molecule has 0 radical (unpaired) electrons. The van der Waals surface area contributed by atoms with Gasteiger partial charge in [-0.05, 0) is 12.1 Å². The molecule has 0 atom stereocenters. The molecule has 15 heavy (non-hydrogen) atoms. The summed E-state index contributed by atoms with van der Waals surface area (Å²) in [6.07, 6.45) is 0. The lowest BCUT2D eigenvalue weighted by Gasteiger charge is -1.91. The number of nitrogens with two attached hydrogens (primary N) is 1. The molecule has 0 unspecified atom stereocenters. The molecule has 0 aliphatic rings. The Morgan fingerprint density at radius 2 is 1.80 bits per heavy atom. The van der Waals surface area contributed by atoms with Crippen molar-refractivity contribution < 1.29 is 12.8 Å². The van der Waals surface area contributed by atoms with Gasteiger partial charge in [0.1, 0.15) is 0 Å². The number of primary sulfonamides is 1. The molecule has 0 fully saturated rings. The van der Waals surface area contributed by atoms with Crippen LogP contribution in [-0.4, -0.2) is 18.6 Å². The van der Waals surface area contributed by atoms with Crippen LogP contribution < -0.4 is 5.14 Å². The van der Waals surface area contributed by atoms with E-state index in [1.165, 1.54) is 0 Å². The van der Waals surface area contributed by atoms with Crippen LogP contribution in [0, 0.1) is 0 Å². The van der Waals surface area contributed by atoms with Crippen molar-refractivity contribution in [1.29, 1.82) is 0 Å². The fourth-order valence-corrected chi connectivity index (χ4v) is 1.37. The molecule has 0 spiro atoms. The summed E-state index contributed by atoms with van der Waals surface area (Å²) >= 11 is 0. The summed E-state index contributed by atoms with van der Waals surface area (Å²) in [6.45, 7) is 0. The molecule has 7 heteroatoms.